The van der Waals surface area contributed by atoms with Crippen molar-refractivity contribution in [1.29, 1.82) is 0 Å². The second kappa shape index (κ2) is 6.94. The molecule has 0 bridgehead atoms. The topological polar surface area (TPSA) is 72.5 Å². The summed E-state index contributed by atoms with van der Waals surface area (Å²) in [7, 11) is -4.47. The molecule has 1 N–H and O–H groups in total. The highest BCUT2D eigenvalue weighted by Gasteiger charge is 2.34. The maximum atomic E-state index is 12.8. The minimum absolute atomic E-state index is 0.238. The number of carbonyl (C=O) groups is 1. The molecule has 0 aromatic rings. The second-order valence-electron chi connectivity index (χ2n) is 6.91. The van der Waals surface area contributed by atoms with Crippen molar-refractivity contribution in [2.24, 2.45) is 5.41 Å². The summed E-state index contributed by atoms with van der Waals surface area (Å²) in [5, 5.41) is 2.71. The first kappa shape index (κ1) is 18.2. The molecule has 0 heterocycles. The molecule has 0 aromatic carbocycles. The molecule has 7 heteroatoms. The van der Waals surface area contributed by atoms with Crippen molar-refractivity contribution in [2.75, 3.05) is 12.3 Å². The first-order valence-electron chi connectivity index (χ1n) is 7.41. The van der Waals surface area contributed by atoms with Gasteiger partial charge in [0.2, 0.25) is 0 Å². The van der Waals surface area contributed by atoms with E-state index < -0.39 is 27.7 Å². The summed E-state index contributed by atoms with van der Waals surface area (Å²) in [4.78, 5) is 11.7. The van der Waals surface area contributed by atoms with E-state index >= 15 is 0 Å². The minimum atomic E-state index is -4.47. The fourth-order valence-electron chi connectivity index (χ4n) is 2.73. The van der Waals surface area contributed by atoms with E-state index in [2.05, 4.69) is 5.32 Å². The van der Waals surface area contributed by atoms with Gasteiger partial charge in [0, 0.05) is 6.54 Å². The average Bonchev–Trinajstić information content (AvgIpc) is 2.33. The lowest BCUT2D eigenvalue weighted by Crippen LogP contribution is -2.42. The van der Waals surface area contributed by atoms with E-state index in [4.69, 9.17) is 4.74 Å². The van der Waals surface area contributed by atoms with Gasteiger partial charge < -0.3 is 10.1 Å². The van der Waals surface area contributed by atoms with E-state index in [0.29, 0.717) is 6.54 Å². The van der Waals surface area contributed by atoms with E-state index in [9.17, 15) is 17.1 Å². The number of rotatable bonds is 5. The molecule has 21 heavy (non-hydrogen) atoms. The third-order valence-electron chi connectivity index (χ3n) is 3.80. The predicted octanol–water partition coefficient (Wildman–Crippen LogP) is 3.15. The van der Waals surface area contributed by atoms with Gasteiger partial charge >= 0.3 is 16.3 Å². The summed E-state index contributed by atoms with van der Waals surface area (Å²) in [6.07, 6.45) is 4.37. The van der Waals surface area contributed by atoms with E-state index in [0.717, 1.165) is 32.1 Å². The zero-order chi connectivity index (χ0) is 16.1. The molecule has 1 aliphatic rings. The number of alkyl carbamates (subject to hydrolysis) is 1. The molecule has 0 unspecified atom stereocenters. The highest BCUT2D eigenvalue weighted by molar-refractivity contribution is 7.86. The molecule has 0 aliphatic heterocycles. The van der Waals surface area contributed by atoms with Crippen molar-refractivity contribution >= 4 is 16.3 Å². The molecule has 5 nitrogen and oxygen atoms in total. The van der Waals surface area contributed by atoms with Crippen LogP contribution in [0.4, 0.5) is 8.68 Å². The third-order valence-corrected chi connectivity index (χ3v) is 4.49. The predicted molar refractivity (Wildman–Crippen MR) is 79.3 cm³/mol. The fourth-order valence-corrected chi connectivity index (χ4v) is 3.41. The number of carbonyl (C=O) groups excluding carboxylic acids is 1. The van der Waals surface area contributed by atoms with Gasteiger partial charge in [0.25, 0.3) is 0 Å². The molecule has 0 spiro atoms. The van der Waals surface area contributed by atoms with Crippen molar-refractivity contribution in [3.63, 3.8) is 0 Å². The number of halogens is 1. The van der Waals surface area contributed by atoms with Crippen LogP contribution in [0.3, 0.4) is 0 Å². The fraction of sp³-hybridized carbons (Fsp3) is 0.929. The molecule has 1 fully saturated rings. The second-order valence-corrected chi connectivity index (χ2v) is 8.40. The lowest BCUT2D eigenvalue weighted by atomic mass is 9.72. The van der Waals surface area contributed by atoms with Crippen LogP contribution in [0.5, 0.6) is 0 Å². The van der Waals surface area contributed by atoms with Gasteiger partial charge in [0.15, 0.2) is 0 Å². The monoisotopic (exact) mass is 323 g/mol. The van der Waals surface area contributed by atoms with Gasteiger partial charge in [-0.3, -0.25) is 0 Å². The summed E-state index contributed by atoms with van der Waals surface area (Å²) >= 11 is 0. The molecule has 1 aliphatic carbocycles. The van der Waals surface area contributed by atoms with Gasteiger partial charge in [-0.15, -0.1) is 3.89 Å². The first-order chi connectivity index (χ1) is 9.52. The van der Waals surface area contributed by atoms with Crippen molar-refractivity contribution in [3.05, 3.63) is 0 Å². The largest absolute Gasteiger partial charge is 0.444 e. The average molecular weight is 323 g/mol. The lowest BCUT2D eigenvalue weighted by Gasteiger charge is -2.37. The van der Waals surface area contributed by atoms with Gasteiger partial charge in [-0.2, -0.15) is 8.42 Å². The normalized spacial score (nSPS) is 19.0. The van der Waals surface area contributed by atoms with Crippen molar-refractivity contribution in [2.45, 2.75) is 64.9 Å². The van der Waals surface area contributed by atoms with E-state index in [1.807, 2.05) is 0 Å². The van der Waals surface area contributed by atoms with Gasteiger partial charge in [-0.25, -0.2) is 4.79 Å². The number of ether oxygens (including phenoxy) is 1. The van der Waals surface area contributed by atoms with E-state index in [1.54, 1.807) is 20.8 Å². The minimum Gasteiger partial charge on any atom is -0.444 e. The molecule has 1 amide bonds. The molecular weight excluding hydrogens is 297 g/mol. The van der Waals surface area contributed by atoms with Gasteiger partial charge in [-0.1, -0.05) is 19.3 Å². The maximum Gasteiger partial charge on any atom is 0.407 e. The molecule has 1 rings (SSSR count). The van der Waals surface area contributed by atoms with Crippen molar-refractivity contribution in [3.8, 4) is 0 Å². The van der Waals surface area contributed by atoms with Crippen LogP contribution in [-0.2, 0) is 15.0 Å². The molecular formula is C14H26FNO4S. The van der Waals surface area contributed by atoms with Crippen LogP contribution in [0, 0.1) is 5.41 Å². The number of hydrogen-bond donors (Lipinski definition) is 1. The van der Waals surface area contributed by atoms with Crippen LogP contribution < -0.4 is 5.32 Å². The number of hydrogen-bond acceptors (Lipinski definition) is 4. The first-order valence-corrected chi connectivity index (χ1v) is 8.96. The van der Waals surface area contributed by atoms with Crippen molar-refractivity contribution < 1.29 is 21.8 Å². The Morgan fingerprint density at radius 1 is 1.24 bits per heavy atom. The molecule has 124 valence electrons. The van der Waals surface area contributed by atoms with Crippen LogP contribution >= 0.6 is 0 Å². The number of amides is 1. The van der Waals surface area contributed by atoms with Crippen molar-refractivity contribution in [1.82, 2.24) is 5.32 Å². The van der Waals surface area contributed by atoms with Crippen LogP contribution in [-0.4, -0.2) is 32.4 Å². The lowest BCUT2D eigenvalue weighted by molar-refractivity contribution is 0.0480. The molecule has 1 saturated carbocycles. The molecule has 0 saturated heterocycles. The summed E-state index contributed by atoms with van der Waals surface area (Å²) in [6.45, 7) is 5.66. The Bertz CT molecular complexity index is 450. The Kier molecular flexibility index (Phi) is 6.01. The van der Waals surface area contributed by atoms with Gasteiger partial charge in [-0.05, 0) is 45.4 Å². The number of nitrogens with one attached hydrogen (secondary N) is 1. The quantitative estimate of drug-likeness (QED) is 0.789. The summed E-state index contributed by atoms with van der Waals surface area (Å²) < 4.78 is 39.5. The zero-order valence-electron chi connectivity index (χ0n) is 13.1. The van der Waals surface area contributed by atoms with Crippen LogP contribution in [0.25, 0.3) is 0 Å². The highest BCUT2D eigenvalue weighted by atomic mass is 32.3. The summed E-state index contributed by atoms with van der Waals surface area (Å²) in [5.74, 6) is -0.483. The SMILES string of the molecule is CC(C)(C)OC(=O)NCC1(CCS(=O)(=O)F)CCCCC1. The Morgan fingerprint density at radius 2 is 1.81 bits per heavy atom. The highest BCUT2D eigenvalue weighted by Crippen LogP contribution is 2.39. The Balaban J connectivity index is 2.59. The Morgan fingerprint density at radius 3 is 2.29 bits per heavy atom. The Hall–Kier alpha value is -0.850. The molecule has 0 aromatic heterocycles. The Labute approximate surface area is 126 Å². The maximum absolute atomic E-state index is 12.8. The van der Waals surface area contributed by atoms with Crippen LogP contribution in [0.1, 0.15) is 59.3 Å². The van der Waals surface area contributed by atoms with Crippen LogP contribution in [0.2, 0.25) is 0 Å². The van der Waals surface area contributed by atoms with Crippen LogP contribution in [0.15, 0.2) is 0 Å². The summed E-state index contributed by atoms with van der Waals surface area (Å²) in [5.41, 5.74) is -0.916. The molecule has 0 radical (unpaired) electrons. The standard InChI is InChI=1S/C14H26FNO4S/c1-13(2,3)20-12(17)16-11-14(7-5-4-6-8-14)9-10-21(15,18)19/h4-11H2,1-3H3,(H,16,17). The van der Waals surface area contributed by atoms with E-state index in [1.165, 1.54) is 0 Å². The van der Waals surface area contributed by atoms with Gasteiger partial charge in [0.1, 0.15) is 5.60 Å². The van der Waals surface area contributed by atoms with E-state index in [-0.39, 0.29) is 11.8 Å². The smallest absolute Gasteiger partial charge is 0.407 e. The molecule has 0 atom stereocenters. The van der Waals surface area contributed by atoms with Gasteiger partial charge in [0.05, 0.1) is 5.75 Å². The summed E-state index contributed by atoms with van der Waals surface area (Å²) in [6, 6.07) is 0. The third kappa shape index (κ3) is 7.64. The zero-order valence-corrected chi connectivity index (χ0v) is 13.9.